The Balaban J connectivity index is 0.00000280. The van der Waals surface area contributed by atoms with Gasteiger partial charge in [0, 0.05) is 43.3 Å². The van der Waals surface area contributed by atoms with Gasteiger partial charge in [0.2, 0.25) is 0 Å². The van der Waals surface area contributed by atoms with Gasteiger partial charge in [-0.1, -0.05) is 43.3 Å². The summed E-state index contributed by atoms with van der Waals surface area (Å²) in [5.41, 5.74) is 1.34. The van der Waals surface area contributed by atoms with E-state index in [1.807, 2.05) is 18.5 Å². The molecule has 3 rings (SSSR count). The second-order valence-electron chi connectivity index (χ2n) is 6.50. The van der Waals surface area contributed by atoms with E-state index in [9.17, 15) is 0 Å². The van der Waals surface area contributed by atoms with Crippen LogP contribution in [0.4, 0.5) is 0 Å². The maximum Gasteiger partial charge on any atom is 0.191 e. The molecule has 0 saturated heterocycles. The Bertz CT molecular complexity index is 830. The summed E-state index contributed by atoms with van der Waals surface area (Å²) in [6, 6.07) is 14.8. The number of imidazole rings is 1. The van der Waals surface area contributed by atoms with Crippen LogP contribution in [0.2, 0.25) is 0 Å². The summed E-state index contributed by atoms with van der Waals surface area (Å²) in [4.78, 5) is 10.2. The molecule has 3 aromatic rings. The lowest BCUT2D eigenvalue weighted by molar-refractivity contribution is 0.631. The van der Waals surface area contributed by atoms with Gasteiger partial charge in [-0.25, -0.2) is 4.98 Å². The zero-order chi connectivity index (χ0) is 18.9. The van der Waals surface area contributed by atoms with Crippen LogP contribution >= 0.6 is 35.3 Å². The minimum atomic E-state index is 0. The van der Waals surface area contributed by atoms with Crippen LogP contribution in [0.3, 0.4) is 0 Å². The first-order valence-corrected chi connectivity index (χ1v) is 10.2. The summed E-state index contributed by atoms with van der Waals surface area (Å²) < 4.78 is 2.20. The smallest absolute Gasteiger partial charge is 0.191 e. The largest absolute Gasteiger partial charge is 0.356 e. The van der Waals surface area contributed by atoms with E-state index in [2.05, 4.69) is 73.9 Å². The molecule has 2 aromatic heterocycles. The third kappa shape index (κ3) is 6.63. The van der Waals surface area contributed by atoms with E-state index in [0.29, 0.717) is 12.5 Å². The van der Waals surface area contributed by atoms with E-state index in [1.165, 1.54) is 10.4 Å². The van der Waals surface area contributed by atoms with Crippen molar-refractivity contribution in [2.75, 3.05) is 13.6 Å². The van der Waals surface area contributed by atoms with Gasteiger partial charge in [-0.3, -0.25) is 4.99 Å². The first-order chi connectivity index (χ1) is 13.3. The quantitative estimate of drug-likeness (QED) is 0.271. The van der Waals surface area contributed by atoms with E-state index in [1.54, 1.807) is 18.4 Å². The van der Waals surface area contributed by atoms with Gasteiger partial charge in [-0.05, 0) is 23.4 Å². The molecule has 0 aliphatic heterocycles. The normalized spacial score (nSPS) is 12.3. The molecule has 0 fully saturated rings. The summed E-state index contributed by atoms with van der Waals surface area (Å²) in [5.74, 6) is 2.27. The van der Waals surface area contributed by atoms with Crippen LogP contribution in [-0.2, 0) is 19.5 Å². The van der Waals surface area contributed by atoms with Crippen LogP contribution in [0.15, 0.2) is 65.2 Å². The van der Waals surface area contributed by atoms with E-state index in [4.69, 9.17) is 0 Å². The molecule has 1 unspecified atom stereocenters. The van der Waals surface area contributed by atoms with Gasteiger partial charge in [0.15, 0.2) is 5.96 Å². The standard InChI is InChI=1S/C21H27N5S.HI/c1-17(19-9-6-14-27-19)15-24-21(22-2)25-16-20-23-11-13-26(20)12-10-18-7-4-3-5-8-18;/h3-9,11,13-14,17H,10,12,15-16H2,1-2H3,(H2,22,24,25);1H. The molecular formula is C21H28IN5S. The third-order valence-corrected chi connectivity index (χ3v) is 5.63. The Labute approximate surface area is 188 Å². The number of halogens is 1. The Morgan fingerprint density at radius 2 is 2.00 bits per heavy atom. The van der Waals surface area contributed by atoms with Crippen molar-refractivity contribution in [2.45, 2.75) is 32.4 Å². The molecule has 2 heterocycles. The first kappa shape index (κ1) is 22.4. The van der Waals surface area contributed by atoms with Crippen LogP contribution in [0.5, 0.6) is 0 Å². The number of nitrogens with zero attached hydrogens (tertiary/aromatic N) is 3. The minimum Gasteiger partial charge on any atom is -0.356 e. The zero-order valence-corrected chi connectivity index (χ0v) is 19.5. The number of nitrogens with one attached hydrogen (secondary N) is 2. The van der Waals surface area contributed by atoms with Crippen molar-refractivity contribution in [1.82, 2.24) is 20.2 Å². The molecule has 1 aromatic carbocycles. The second-order valence-corrected chi connectivity index (χ2v) is 7.47. The molecular weight excluding hydrogens is 481 g/mol. The van der Waals surface area contributed by atoms with Crippen molar-refractivity contribution in [3.8, 4) is 0 Å². The number of aryl methyl sites for hydroxylation is 2. The SMILES string of the molecule is CN=C(NCc1nccn1CCc1ccccc1)NCC(C)c1cccs1.I. The van der Waals surface area contributed by atoms with Crippen molar-refractivity contribution < 1.29 is 0 Å². The maximum atomic E-state index is 4.49. The minimum absolute atomic E-state index is 0. The van der Waals surface area contributed by atoms with Crippen LogP contribution < -0.4 is 10.6 Å². The van der Waals surface area contributed by atoms with Crippen LogP contribution in [0, 0.1) is 0 Å². The number of guanidine groups is 1. The highest BCUT2D eigenvalue weighted by molar-refractivity contribution is 14.0. The Morgan fingerprint density at radius 3 is 2.71 bits per heavy atom. The van der Waals surface area contributed by atoms with Gasteiger partial charge in [0.1, 0.15) is 5.82 Å². The van der Waals surface area contributed by atoms with E-state index < -0.39 is 0 Å². The molecule has 7 heteroatoms. The number of aliphatic imine (C=N–C) groups is 1. The molecule has 150 valence electrons. The Hall–Kier alpha value is -1.87. The number of benzene rings is 1. The van der Waals surface area contributed by atoms with Crippen LogP contribution in [0.25, 0.3) is 0 Å². The number of hydrogen-bond donors (Lipinski definition) is 2. The first-order valence-electron chi connectivity index (χ1n) is 9.28. The summed E-state index contributed by atoms with van der Waals surface area (Å²) >= 11 is 1.79. The Morgan fingerprint density at radius 1 is 1.18 bits per heavy atom. The molecule has 1 atom stereocenters. The molecule has 0 saturated carbocycles. The van der Waals surface area contributed by atoms with E-state index in [-0.39, 0.29) is 24.0 Å². The molecule has 0 spiro atoms. The fourth-order valence-electron chi connectivity index (χ4n) is 2.91. The predicted molar refractivity (Wildman–Crippen MR) is 129 cm³/mol. The van der Waals surface area contributed by atoms with E-state index >= 15 is 0 Å². The fourth-order valence-corrected chi connectivity index (χ4v) is 3.70. The fraction of sp³-hybridized carbons (Fsp3) is 0.333. The van der Waals surface area contributed by atoms with Crippen LogP contribution in [0.1, 0.15) is 29.1 Å². The topological polar surface area (TPSA) is 54.2 Å². The van der Waals surface area contributed by atoms with Crippen molar-refractivity contribution in [3.63, 3.8) is 0 Å². The van der Waals surface area contributed by atoms with Crippen molar-refractivity contribution in [3.05, 3.63) is 76.5 Å². The average Bonchev–Trinajstić information content (AvgIpc) is 3.39. The molecule has 28 heavy (non-hydrogen) atoms. The van der Waals surface area contributed by atoms with Crippen molar-refractivity contribution in [1.29, 1.82) is 0 Å². The summed E-state index contributed by atoms with van der Waals surface area (Å²) in [7, 11) is 1.80. The Kier molecular flexibility index (Phi) is 9.49. The van der Waals surface area contributed by atoms with Gasteiger partial charge in [0.25, 0.3) is 0 Å². The summed E-state index contributed by atoms with van der Waals surface area (Å²) in [6.07, 6.45) is 4.89. The monoisotopic (exact) mass is 509 g/mol. The summed E-state index contributed by atoms with van der Waals surface area (Å²) in [5, 5.41) is 8.89. The molecule has 5 nitrogen and oxygen atoms in total. The van der Waals surface area contributed by atoms with Crippen LogP contribution in [-0.4, -0.2) is 29.1 Å². The van der Waals surface area contributed by atoms with Gasteiger partial charge in [-0.15, -0.1) is 35.3 Å². The van der Waals surface area contributed by atoms with Gasteiger partial charge in [-0.2, -0.15) is 0 Å². The number of thiophene rings is 1. The predicted octanol–water partition coefficient (Wildman–Crippen LogP) is 4.27. The third-order valence-electron chi connectivity index (χ3n) is 4.53. The van der Waals surface area contributed by atoms with Gasteiger partial charge < -0.3 is 15.2 Å². The van der Waals surface area contributed by atoms with Gasteiger partial charge in [0.05, 0.1) is 6.54 Å². The van der Waals surface area contributed by atoms with Crippen molar-refractivity contribution >= 4 is 41.3 Å². The lowest BCUT2D eigenvalue weighted by Gasteiger charge is -2.15. The van der Waals surface area contributed by atoms with Crippen molar-refractivity contribution in [2.24, 2.45) is 4.99 Å². The molecule has 2 N–H and O–H groups in total. The number of rotatable bonds is 8. The lowest BCUT2D eigenvalue weighted by Crippen LogP contribution is -2.39. The molecule has 0 radical (unpaired) electrons. The van der Waals surface area contributed by atoms with Gasteiger partial charge >= 0.3 is 0 Å². The number of hydrogen-bond acceptors (Lipinski definition) is 3. The second kappa shape index (κ2) is 11.9. The molecule has 0 bridgehead atoms. The van der Waals surface area contributed by atoms with E-state index in [0.717, 1.165) is 31.3 Å². The highest BCUT2D eigenvalue weighted by Gasteiger charge is 2.09. The maximum absolute atomic E-state index is 4.49. The lowest BCUT2D eigenvalue weighted by atomic mass is 10.1. The highest BCUT2D eigenvalue weighted by atomic mass is 127. The summed E-state index contributed by atoms with van der Waals surface area (Å²) in [6.45, 7) is 4.64. The average molecular weight is 509 g/mol. The number of aromatic nitrogens is 2. The molecule has 0 aliphatic carbocycles. The molecule has 0 aliphatic rings. The molecule has 0 amide bonds. The highest BCUT2D eigenvalue weighted by Crippen LogP contribution is 2.19. The zero-order valence-electron chi connectivity index (χ0n) is 16.3.